The minimum atomic E-state index is -4.55. The average Bonchev–Trinajstić information content (AvgIpc) is 3.11. The first-order valence-corrected chi connectivity index (χ1v) is 9.69. The van der Waals surface area contributed by atoms with E-state index in [9.17, 15) is 31.7 Å². The molecule has 0 aliphatic carbocycles. The SMILES string of the molecule is NS(=O)(=O)c1cc(N2CCCC(n3ccc(C(F)(F)F)n3)C2)cc([N+](=O)[O-])c1. The maximum Gasteiger partial charge on any atom is 0.435 e. The molecule has 2 N–H and O–H groups in total. The van der Waals surface area contributed by atoms with Crippen LogP contribution in [0.15, 0.2) is 35.4 Å². The van der Waals surface area contributed by atoms with Gasteiger partial charge in [0.05, 0.1) is 15.9 Å². The number of halogens is 3. The third kappa shape index (κ3) is 4.25. The van der Waals surface area contributed by atoms with Crippen LogP contribution >= 0.6 is 0 Å². The van der Waals surface area contributed by atoms with E-state index < -0.39 is 43.4 Å². The Bertz CT molecular complexity index is 1010. The summed E-state index contributed by atoms with van der Waals surface area (Å²) in [4.78, 5) is 11.7. The molecular weight excluding hydrogens is 403 g/mol. The number of hydrogen-bond acceptors (Lipinski definition) is 6. The Morgan fingerprint density at radius 3 is 2.57 bits per heavy atom. The monoisotopic (exact) mass is 419 g/mol. The summed E-state index contributed by atoms with van der Waals surface area (Å²) in [6, 6.07) is 3.77. The minimum absolute atomic E-state index is 0.213. The first-order valence-electron chi connectivity index (χ1n) is 8.15. The molecule has 0 saturated carbocycles. The average molecular weight is 419 g/mol. The van der Waals surface area contributed by atoms with Crippen molar-refractivity contribution < 1.29 is 26.5 Å². The molecule has 0 spiro atoms. The molecule has 1 aliphatic rings. The molecule has 1 aromatic carbocycles. The summed E-state index contributed by atoms with van der Waals surface area (Å²) in [5.41, 5.74) is -1.19. The molecule has 2 aromatic rings. The minimum Gasteiger partial charge on any atom is -0.369 e. The second-order valence-electron chi connectivity index (χ2n) is 6.41. The van der Waals surface area contributed by atoms with Gasteiger partial charge in [-0.25, -0.2) is 13.6 Å². The van der Waals surface area contributed by atoms with Crippen LogP contribution in [0.4, 0.5) is 24.5 Å². The van der Waals surface area contributed by atoms with Crippen molar-refractivity contribution >= 4 is 21.4 Å². The molecule has 1 fully saturated rings. The first-order chi connectivity index (χ1) is 12.9. The van der Waals surface area contributed by atoms with Gasteiger partial charge >= 0.3 is 6.18 Å². The van der Waals surface area contributed by atoms with Gasteiger partial charge in [-0.05, 0) is 25.0 Å². The largest absolute Gasteiger partial charge is 0.435 e. The van der Waals surface area contributed by atoms with Gasteiger partial charge in [0.1, 0.15) is 0 Å². The number of rotatable bonds is 4. The lowest BCUT2D eigenvalue weighted by Crippen LogP contribution is -2.37. The Hall–Kier alpha value is -2.67. The molecule has 1 aliphatic heterocycles. The van der Waals surface area contributed by atoms with E-state index in [0.29, 0.717) is 19.4 Å². The maximum atomic E-state index is 12.8. The highest BCUT2D eigenvalue weighted by Crippen LogP contribution is 2.32. The van der Waals surface area contributed by atoms with Crippen LogP contribution in [-0.2, 0) is 16.2 Å². The highest BCUT2D eigenvalue weighted by molar-refractivity contribution is 7.89. The smallest absolute Gasteiger partial charge is 0.369 e. The summed E-state index contributed by atoms with van der Waals surface area (Å²) in [6.45, 7) is 0.666. The van der Waals surface area contributed by atoms with E-state index in [1.807, 2.05) is 0 Å². The molecule has 2 heterocycles. The maximum absolute atomic E-state index is 12.8. The predicted molar refractivity (Wildman–Crippen MR) is 92.2 cm³/mol. The standard InChI is InChI=1S/C15H16F3N5O4S/c16-15(17,18)14-3-5-22(20-14)10-2-1-4-21(9-10)11-6-12(23(24)25)8-13(7-11)28(19,26)27/h3,5-8,10H,1-2,4,9H2,(H2,19,26,27). The molecule has 1 aromatic heterocycles. The van der Waals surface area contributed by atoms with Crippen molar-refractivity contribution in [2.24, 2.45) is 5.14 Å². The van der Waals surface area contributed by atoms with Crippen LogP contribution in [0.2, 0.25) is 0 Å². The van der Waals surface area contributed by atoms with Crippen LogP contribution in [0.3, 0.4) is 0 Å². The molecule has 1 unspecified atom stereocenters. The van der Waals surface area contributed by atoms with Crippen molar-refractivity contribution in [2.45, 2.75) is 30.0 Å². The molecule has 0 amide bonds. The number of nitrogens with zero attached hydrogens (tertiary/aromatic N) is 4. The lowest BCUT2D eigenvalue weighted by Gasteiger charge is -2.34. The Morgan fingerprint density at radius 1 is 1.29 bits per heavy atom. The summed E-state index contributed by atoms with van der Waals surface area (Å²) >= 11 is 0. The zero-order chi connectivity index (χ0) is 20.7. The molecule has 3 rings (SSSR count). The number of nitro benzene ring substituents is 1. The summed E-state index contributed by atoms with van der Waals surface area (Å²) in [5.74, 6) is 0. The van der Waals surface area contributed by atoms with Crippen LogP contribution in [0.25, 0.3) is 0 Å². The van der Waals surface area contributed by atoms with E-state index in [4.69, 9.17) is 5.14 Å². The number of benzene rings is 1. The molecular formula is C15H16F3N5O4S. The van der Waals surface area contributed by atoms with Crippen molar-refractivity contribution in [2.75, 3.05) is 18.0 Å². The van der Waals surface area contributed by atoms with Crippen molar-refractivity contribution in [1.29, 1.82) is 0 Å². The number of primary sulfonamides is 1. The van der Waals surface area contributed by atoms with Gasteiger partial charge in [-0.15, -0.1) is 0 Å². The fraction of sp³-hybridized carbons (Fsp3) is 0.400. The third-order valence-corrected chi connectivity index (χ3v) is 5.34. The van der Waals surface area contributed by atoms with Crippen molar-refractivity contribution in [1.82, 2.24) is 9.78 Å². The fourth-order valence-corrected chi connectivity index (χ4v) is 3.69. The van der Waals surface area contributed by atoms with Crippen molar-refractivity contribution in [3.8, 4) is 0 Å². The van der Waals surface area contributed by atoms with Crippen LogP contribution in [0, 0.1) is 10.1 Å². The van der Waals surface area contributed by atoms with E-state index in [0.717, 1.165) is 12.1 Å². The third-order valence-electron chi connectivity index (χ3n) is 4.45. The van der Waals surface area contributed by atoms with Gasteiger partial charge in [-0.3, -0.25) is 14.8 Å². The Balaban J connectivity index is 1.91. The number of anilines is 1. The number of sulfonamides is 1. The summed E-state index contributed by atoms with van der Waals surface area (Å²) in [7, 11) is -4.17. The molecule has 152 valence electrons. The van der Waals surface area contributed by atoms with Crippen molar-refractivity contribution in [3.63, 3.8) is 0 Å². The summed E-state index contributed by atoms with van der Waals surface area (Å²) in [5, 5.41) is 19.8. The van der Waals surface area contributed by atoms with Gasteiger partial charge in [-0.2, -0.15) is 18.3 Å². The van der Waals surface area contributed by atoms with Gasteiger partial charge in [0.15, 0.2) is 5.69 Å². The lowest BCUT2D eigenvalue weighted by molar-refractivity contribution is -0.385. The van der Waals surface area contributed by atoms with Gasteiger partial charge in [0.2, 0.25) is 10.0 Å². The Kier molecular flexibility index (Phi) is 5.06. The zero-order valence-electron chi connectivity index (χ0n) is 14.3. The second-order valence-corrected chi connectivity index (χ2v) is 7.97. The number of hydrogen-bond donors (Lipinski definition) is 1. The molecule has 9 nitrogen and oxygen atoms in total. The zero-order valence-corrected chi connectivity index (χ0v) is 15.2. The quantitative estimate of drug-likeness (QED) is 0.599. The highest BCUT2D eigenvalue weighted by Gasteiger charge is 2.34. The van der Waals surface area contributed by atoms with E-state index >= 15 is 0 Å². The second kappa shape index (κ2) is 7.05. The predicted octanol–water partition coefficient (Wildman–Crippen LogP) is 2.30. The van der Waals surface area contributed by atoms with Gasteiger partial charge in [0, 0.05) is 37.1 Å². The van der Waals surface area contributed by atoms with Gasteiger partial charge in [-0.1, -0.05) is 0 Å². The Morgan fingerprint density at radius 2 is 2.00 bits per heavy atom. The van der Waals surface area contributed by atoms with Crippen LogP contribution < -0.4 is 10.0 Å². The summed E-state index contributed by atoms with van der Waals surface area (Å²) in [6.07, 6.45) is -2.17. The van der Waals surface area contributed by atoms with Crippen LogP contribution in [0.1, 0.15) is 24.6 Å². The van der Waals surface area contributed by atoms with Crippen molar-refractivity contribution in [3.05, 3.63) is 46.3 Å². The number of non-ortho nitro benzene ring substituents is 1. The molecule has 1 saturated heterocycles. The Labute approximate surface area is 157 Å². The number of nitro groups is 1. The number of piperidine rings is 1. The molecule has 28 heavy (non-hydrogen) atoms. The van der Waals surface area contributed by atoms with E-state index in [1.54, 1.807) is 4.90 Å². The number of aromatic nitrogens is 2. The van der Waals surface area contributed by atoms with Crippen LogP contribution in [0.5, 0.6) is 0 Å². The van der Waals surface area contributed by atoms with E-state index in [2.05, 4.69) is 5.10 Å². The number of nitrogens with two attached hydrogens (primary N) is 1. The molecule has 1 atom stereocenters. The van der Waals surface area contributed by atoms with E-state index in [1.165, 1.54) is 23.0 Å². The van der Waals surface area contributed by atoms with Gasteiger partial charge in [0.25, 0.3) is 5.69 Å². The topological polar surface area (TPSA) is 124 Å². The van der Waals surface area contributed by atoms with Crippen LogP contribution in [-0.4, -0.2) is 36.2 Å². The lowest BCUT2D eigenvalue weighted by atomic mass is 10.0. The highest BCUT2D eigenvalue weighted by atomic mass is 32.2. The molecule has 0 bridgehead atoms. The number of alkyl halides is 3. The van der Waals surface area contributed by atoms with Gasteiger partial charge < -0.3 is 4.90 Å². The summed E-state index contributed by atoms with van der Waals surface area (Å²) < 4.78 is 62.8. The van der Waals surface area contributed by atoms with E-state index in [-0.39, 0.29) is 12.2 Å². The fourth-order valence-electron chi connectivity index (χ4n) is 3.12. The first kappa shape index (κ1) is 20.1. The normalized spacial score (nSPS) is 18.3. The molecule has 0 radical (unpaired) electrons. The molecule has 13 heteroatoms.